The van der Waals surface area contributed by atoms with Crippen LogP contribution >= 0.6 is 0 Å². The van der Waals surface area contributed by atoms with E-state index in [1.807, 2.05) is 0 Å². The quantitative estimate of drug-likeness (QED) is 0.483. The highest BCUT2D eigenvalue weighted by Crippen LogP contribution is 2.03. The number of aromatic amines is 1. The van der Waals surface area contributed by atoms with E-state index in [2.05, 4.69) is 15.0 Å². The van der Waals surface area contributed by atoms with Crippen molar-refractivity contribution >= 4 is 11.9 Å². The normalized spacial score (nSPS) is 10.2. The second-order valence-electron chi connectivity index (χ2n) is 3.56. The van der Waals surface area contributed by atoms with E-state index in [-0.39, 0.29) is 6.42 Å². The molecule has 0 atom stereocenters. The first kappa shape index (κ1) is 13.2. The summed E-state index contributed by atoms with van der Waals surface area (Å²) in [5, 5.41) is 11.5. The van der Waals surface area contributed by atoms with Gasteiger partial charge in [0, 0.05) is 18.7 Å². The van der Waals surface area contributed by atoms with Crippen molar-refractivity contribution < 1.29 is 19.4 Å². The molecule has 1 aromatic heterocycles. The lowest BCUT2D eigenvalue weighted by atomic mass is 10.3. The molecule has 0 aliphatic carbocycles. The summed E-state index contributed by atoms with van der Waals surface area (Å²) in [5.74, 6) is -1.19. The number of nitrogens with one attached hydrogen (secondary N) is 2. The fourth-order valence-corrected chi connectivity index (χ4v) is 1.36. The molecule has 0 saturated carbocycles. The van der Waals surface area contributed by atoms with E-state index in [0.29, 0.717) is 25.2 Å². The highest BCUT2D eigenvalue weighted by atomic mass is 16.5. The van der Waals surface area contributed by atoms with Crippen LogP contribution in [0.4, 0.5) is 0 Å². The number of ether oxygens (including phenoxy) is 1. The van der Waals surface area contributed by atoms with Gasteiger partial charge in [0.05, 0.1) is 7.11 Å². The van der Waals surface area contributed by atoms with Crippen molar-refractivity contribution in [1.82, 2.24) is 10.3 Å². The monoisotopic (exact) mass is 240 g/mol. The van der Waals surface area contributed by atoms with Gasteiger partial charge in [0.2, 0.25) is 0 Å². The van der Waals surface area contributed by atoms with Gasteiger partial charge in [-0.3, -0.25) is 4.79 Å². The molecule has 0 bridgehead atoms. The number of aliphatic carboxylic acids is 1. The molecule has 0 unspecified atom stereocenters. The van der Waals surface area contributed by atoms with E-state index in [1.54, 1.807) is 12.1 Å². The molecule has 0 aromatic carbocycles. The molecule has 6 heteroatoms. The van der Waals surface area contributed by atoms with Gasteiger partial charge in [0.15, 0.2) is 0 Å². The molecule has 0 amide bonds. The van der Waals surface area contributed by atoms with E-state index < -0.39 is 11.9 Å². The van der Waals surface area contributed by atoms with Crippen molar-refractivity contribution in [3.05, 3.63) is 23.5 Å². The molecular weight excluding hydrogens is 224 g/mol. The number of rotatable bonds is 7. The smallest absolute Gasteiger partial charge is 0.354 e. The van der Waals surface area contributed by atoms with Gasteiger partial charge in [-0.25, -0.2) is 4.79 Å². The maximum Gasteiger partial charge on any atom is 0.354 e. The van der Waals surface area contributed by atoms with Gasteiger partial charge in [0.25, 0.3) is 0 Å². The van der Waals surface area contributed by atoms with Gasteiger partial charge >= 0.3 is 11.9 Å². The topological polar surface area (TPSA) is 91.4 Å². The van der Waals surface area contributed by atoms with Crippen molar-refractivity contribution in [2.24, 2.45) is 0 Å². The van der Waals surface area contributed by atoms with Gasteiger partial charge in [-0.2, -0.15) is 0 Å². The summed E-state index contributed by atoms with van der Waals surface area (Å²) in [7, 11) is 1.33. The molecule has 0 radical (unpaired) electrons. The zero-order chi connectivity index (χ0) is 12.7. The zero-order valence-electron chi connectivity index (χ0n) is 9.66. The van der Waals surface area contributed by atoms with Crippen molar-refractivity contribution in [2.45, 2.75) is 19.4 Å². The Bertz CT molecular complexity index is 387. The number of carboxylic acid groups (broad SMARTS) is 1. The van der Waals surface area contributed by atoms with Gasteiger partial charge in [0.1, 0.15) is 5.69 Å². The Morgan fingerprint density at radius 3 is 2.88 bits per heavy atom. The number of H-pyrrole nitrogens is 1. The van der Waals surface area contributed by atoms with Gasteiger partial charge in [-0.1, -0.05) is 0 Å². The van der Waals surface area contributed by atoms with E-state index in [9.17, 15) is 9.59 Å². The Balaban J connectivity index is 2.25. The van der Waals surface area contributed by atoms with Crippen LogP contribution < -0.4 is 5.32 Å². The SMILES string of the molecule is COC(=O)c1ccc(CNCCCC(=O)O)[nH]1. The fraction of sp³-hybridized carbons (Fsp3) is 0.455. The predicted octanol–water partition coefficient (Wildman–Crippen LogP) is 0.756. The van der Waals surface area contributed by atoms with Crippen molar-refractivity contribution in [3.8, 4) is 0 Å². The Kier molecular flexibility index (Phi) is 5.22. The summed E-state index contributed by atoms with van der Waals surface area (Å²) in [6.45, 7) is 1.19. The molecular formula is C11H16N2O4. The molecule has 0 saturated heterocycles. The number of hydrogen-bond donors (Lipinski definition) is 3. The average molecular weight is 240 g/mol. The summed E-state index contributed by atoms with van der Waals surface area (Å²) in [5.41, 5.74) is 1.27. The lowest BCUT2D eigenvalue weighted by Crippen LogP contribution is -2.16. The third-order valence-electron chi connectivity index (χ3n) is 2.21. The van der Waals surface area contributed by atoms with E-state index in [1.165, 1.54) is 7.11 Å². The van der Waals surface area contributed by atoms with Crippen LogP contribution in [0.25, 0.3) is 0 Å². The summed E-state index contributed by atoms with van der Waals surface area (Å²) in [6, 6.07) is 3.44. The molecule has 1 aromatic rings. The van der Waals surface area contributed by atoms with Crippen molar-refractivity contribution in [2.75, 3.05) is 13.7 Å². The third kappa shape index (κ3) is 4.69. The zero-order valence-corrected chi connectivity index (χ0v) is 9.66. The van der Waals surface area contributed by atoms with Crippen LogP contribution in [0, 0.1) is 0 Å². The molecule has 0 fully saturated rings. The molecule has 1 rings (SSSR count). The molecule has 0 aliphatic heterocycles. The second-order valence-corrected chi connectivity index (χ2v) is 3.56. The Morgan fingerprint density at radius 2 is 2.24 bits per heavy atom. The standard InChI is InChI=1S/C11H16N2O4/c1-17-11(16)9-5-4-8(13-9)7-12-6-2-3-10(14)15/h4-5,12-13H,2-3,6-7H2,1H3,(H,14,15). The Hall–Kier alpha value is -1.82. The van der Waals surface area contributed by atoms with E-state index >= 15 is 0 Å². The summed E-state index contributed by atoms with van der Waals surface area (Å²) in [4.78, 5) is 24.3. The van der Waals surface area contributed by atoms with Crippen LogP contribution in [0.5, 0.6) is 0 Å². The molecule has 17 heavy (non-hydrogen) atoms. The molecule has 1 heterocycles. The number of carbonyl (C=O) groups excluding carboxylic acids is 1. The number of hydrogen-bond acceptors (Lipinski definition) is 4. The van der Waals surface area contributed by atoms with Crippen LogP contribution in [0.15, 0.2) is 12.1 Å². The van der Waals surface area contributed by atoms with Crippen molar-refractivity contribution in [1.29, 1.82) is 0 Å². The minimum Gasteiger partial charge on any atom is -0.481 e. The maximum atomic E-state index is 11.1. The van der Waals surface area contributed by atoms with Crippen LogP contribution in [0.1, 0.15) is 29.0 Å². The lowest BCUT2D eigenvalue weighted by molar-refractivity contribution is -0.137. The van der Waals surface area contributed by atoms with Crippen LogP contribution in [0.2, 0.25) is 0 Å². The maximum absolute atomic E-state index is 11.1. The number of methoxy groups -OCH3 is 1. The lowest BCUT2D eigenvalue weighted by Gasteiger charge is -2.01. The van der Waals surface area contributed by atoms with E-state index in [4.69, 9.17) is 5.11 Å². The second kappa shape index (κ2) is 6.70. The van der Waals surface area contributed by atoms with Crippen LogP contribution in [-0.2, 0) is 16.1 Å². The number of aromatic nitrogens is 1. The Morgan fingerprint density at radius 1 is 1.47 bits per heavy atom. The first-order valence-electron chi connectivity index (χ1n) is 5.32. The molecule has 6 nitrogen and oxygen atoms in total. The van der Waals surface area contributed by atoms with Gasteiger partial charge < -0.3 is 20.1 Å². The molecule has 0 spiro atoms. The highest BCUT2D eigenvalue weighted by molar-refractivity contribution is 5.87. The predicted molar refractivity (Wildman–Crippen MR) is 60.7 cm³/mol. The first-order chi connectivity index (χ1) is 8.13. The number of carboxylic acids is 1. The molecule has 94 valence electrons. The molecule has 0 aliphatic rings. The average Bonchev–Trinajstić information content (AvgIpc) is 2.76. The van der Waals surface area contributed by atoms with Gasteiger partial charge in [-0.15, -0.1) is 0 Å². The summed E-state index contributed by atoms with van der Waals surface area (Å²) in [6.07, 6.45) is 0.741. The summed E-state index contributed by atoms with van der Waals surface area (Å²) >= 11 is 0. The Labute approximate surface area is 99.0 Å². The van der Waals surface area contributed by atoms with Crippen LogP contribution in [-0.4, -0.2) is 35.7 Å². The fourth-order valence-electron chi connectivity index (χ4n) is 1.36. The largest absolute Gasteiger partial charge is 0.481 e. The third-order valence-corrected chi connectivity index (χ3v) is 2.21. The van der Waals surface area contributed by atoms with Crippen molar-refractivity contribution in [3.63, 3.8) is 0 Å². The summed E-state index contributed by atoms with van der Waals surface area (Å²) < 4.78 is 4.56. The van der Waals surface area contributed by atoms with Crippen LogP contribution in [0.3, 0.4) is 0 Å². The first-order valence-corrected chi connectivity index (χ1v) is 5.32. The van der Waals surface area contributed by atoms with Gasteiger partial charge in [-0.05, 0) is 25.1 Å². The number of esters is 1. The minimum absolute atomic E-state index is 0.158. The highest BCUT2D eigenvalue weighted by Gasteiger charge is 2.07. The van der Waals surface area contributed by atoms with E-state index in [0.717, 1.165) is 5.69 Å². The number of carbonyl (C=O) groups is 2. The minimum atomic E-state index is -0.792. The molecule has 3 N–H and O–H groups in total.